The SMILES string of the molecule is N=C(N)SCCCC(F)(F)F.O=S(=O)(O)c1ccccc1. The van der Waals surface area contributed by atoms with E-state index in [9.17, 15) is 21.6 Å². The third kappa shape index (κ3) is 12.2. The average Bonchev–Trinajstić information content (AvgIpc) is 2.34. The molecule has 0 saturated carbocycles. The number of amidine groups is 1. The van der Waals surface area contributed by atoms with Crippen molar-refractivity contribution in [1.29, 1.82) is 5.41 Å². The van der Waals surface area contributed by atoms with Gasteiger partial charge < -0.3 is 5.73 Å². The van der Waals surface area contributed by atoms with Crippen molar-refractivity contribution in [1.82, 2.24) is 0 Å². The third-order valence-corrected chi connectivity index (χ3v) is 3.57. The minimum atomic E-state index is -4.09. The number of hydrogen-bond acceptors (Lipinski definition) is 4. The van der Waals surface area contributed by atoms with Crippen molar-refractivity contribution < 1.29 is 26.1 Å². The first-order valence-corrected chi connectivity index (χ1v) is 8.01. The Morgan fingerprint density at radius 2 is 1.81 bits per heavy atom. The fraction of sp³-hybridized carbons (Fsp3) is 0.364. The Labute approximate surface area is 125 Å². The minimum Gasteiger partial charge on any atom is -0.379 e. The summed E-state index contributed by atoms with van der Waals surface area (Å²) in [6.45, 7) is 0. The van der Waals surface area contributed by atoms with Crippen LogP contribution in [0.3, 0.4) is 0 Å². The number of hydrogen-bond donors (Lipinski definition) is 3. The summed E-state index contributed by atoms with van der Waals surface area (Å²) >= 11 is 0.933. The Kier molecular flexibility index (Phi) is 8.37. The van der Waals surface area contributed by atoms with Gasteiger partial charge in [-0.1, -0.05) is 30.0 Å². The summed E-state index contributed by atoms with van der Waals surface area (Å²) in [7, 11) is -4.00. The Hall–Kier alpha value is -1.26. The van der Waals surface area contributed by atoms with Crippen molar-refractivity contribution in [2.75, 3.05) is 5.75 Å². The van der Waals surface area contributed by atoms with Crippen LogP contribution < -0.4 is 5.73 Å². The van der Waals surface area contributed by atoms with Gasteiger partial charge in [0.25, 0.3) is 10.1 Å². The van der Waals surface area contributed by atoms with E-state index < -0.39 is 22.7 Å². The van der Waals surface area contributed by atoms with E-state index in [0.29, 0.717) is 0 Å². The summed E-state index contributed by atoms with van der Waals surface area (Å²) in [5, 5.41) is 6.56. The second-order valence-corrected chi connectivity index (χ2v) is 6.28. The van der Waals surface area contributed by atoms with Gasteiger partial charge in [0.15, 0.2) is 5.17 Å². The van der Waals surface area contributed by atoms with Crippen LogP contribution in [0.1, 0.15) is 12.8 Å². The third-order valence-electron chi connectivity index (χ3n) is 1.90. The largest absolute Gasteiger partial charge is 0.389 e. The fourth-order valence-corrected chi connectivity index (χ4v) is 2.06. The topological polar surface area (TPSA) is 104 Å². The Bertz CT molecular complexity index is 533. The Morgan fingerprint density at radius 3 is 2.14 bits per heavy atom. The van der Waals surface area contributed by atoms with Gasteiger partial charge in [-0.2, -0.15) is 21.6 Å². The summed E-state index contributed by atoms with van der Waals surface area (Å²) in [6.07, 6.45) is -4.86. The van der Waals surface area contributed by atoms with Crippen LogP contribution in [0.25, 0.3) is 0 Å². The number of halogens is 3. The van der Waals surface area contributed by atoms with Crippen LogP contribution in [0, 0.1) is 5.41 Å². The van der Waals surface area contributed by atoms with Crippen molar-refractivity contribution in [3.05, 3.63) is 30.3 Å². The maximum Gasteiger partial charge on any atom is 0.389 e. The quantitative estimate of drug-likeness (QED) is 0.337. The molecule has 0 spiro atoms. The molecule has 0 aliphatic rings. The Morgan fingerprint density at radius 1 is 1.29 bits per heavy atom. The highest BCUT2D eigenvalue weighted by Gasteiger charge is 2.25. The highest BCUT2D eigenvalue weighted by atomic mass is 32.2. The van der Waals surface area contributed by atoms with Crippen molar-refractivity contribution in [2.24, 2.45) is 5.73 Å². The molecule has 0 saturated heterocycles. The zero-order chi connectivity index (χ0) is 16.5. The lowest BCUT2D eigenvalue weighted by atomic mass is 10.3. The van der Waals surface area contributed by atoms with Crippen LogP contribution in [0.15, 0.2) is 35.2 Å². The molecular formula is C11H15F3N2O3S2. The van der Waals surface area contributed by atoms with Crippen LogP contribution >= 0.6 is 11.8 Å². The average molecular weight is 344 g/mol. The van der Waals surface area contributed by atoms with Crippen molar-refractivity contribution >= 4 is 27.0 Å². The van der Waals surface area contributed by atoms with E-state index in [2.05, 4.69) is 0 Å². The molecule has 0 amide bonds. The van der Waals surface area contributed by atoms with Crippen LogP contribution in [-0.4, -0.2) is 30.1 Å². The maximum absolute atomic E-state index is 11.5. The molecule has 10 heteroatoms. The van der Waals surface area contributed by atoms with Crippen LogP contribution in [0.4, 0.5) is 13.2 Å². The van der Waals surface area contributed by atoms with Crippen LogP contribution in [0.5, 0.6) is 0 Å². The van der Waals surface area contributed by atoms with Gasteiger partial charge >= 0.3 is 6.18 Å². The number of nitrogens with one attached hydrogen (secondary N) is 1. The number of rotatable bonds is 4. The molecule has 0 fully saturated rings. The van der Waals surface area contributed by atoms with E-state index in [1.807, 2.05) is 0 Å². The molecule has 1 aromatic rings. The van der Waals surface area contributed by atoms with E-state index in [0.717, 1.165) is 11.8 Å². The van der Waals surface area contributed by atoms with E-state index >= 15 is 0 Å². The normalized spacial score (nSPS) is 11.4. The number of alkyl halides is 3. The summed E-state index contributed by atoms with van der Waals surface area (Å²) in [6, 6.07) is 7.42. The lowest BCUT2D eigenvalue weighted by Crippen LogP contribution is -2.09. The minimum absolute atomic E-state index is 0.0216. The maximum atomic E-state index is 11.5. The summed E-state index contributed by atoms with van der Waals surface area (Å²) in [5.74, 6) is 0.259. The lowest BCUT2D eigenvalue weighted by molar-refractivity contribution is -0.134. The van der Waals surface area contributed by atoms with E-state index in [-0.39, 0.29) is 22.2 Å². The second kappa shape index (κ2) is 8.90. The van der Waals surface area contributed by atoms with E-state index in [1.165, 1.54) is 12.1 Å². The number of benzene rings is 1. The van der Waals surface area contributed by atoms with Gasteiger partial charge in [0.1, 0.15) is 0 Å². The van der Waals surface area contributed by atoms with Gasteiger partial charge in [-0.15, -0.1) is 0 Å². The van der Waals surface area contributed by atoms with Gasteiger partial charge in [0.2, 0.25) is 0 Å². The zero-order valence-corrected chi connectivity index (χ0v) is 12.4. The molecule has 0 radical (unpaired) electrons. The second-order valence-electron chi connectivity index (χ2n) is 3.72. The molecule has 0 atom stereocenters. The molecule has 21 heavy (non-hydrogen) atoms. The molecular weight excluding hydrogens is 329 g/mol. The number of thioether (sulfide) groups is 1. The fourth-order valence-electron chi connectivity index (χ4n) is 1.05. The summed E-state index contributed by atoms with van der Waals surface area (Å²) < 4.78 is 63.7. The van der Waals surface area contributed by atoms with Crippen molar-refractivity contribution in [3.8, 4) is 0 Å². The first-order chi connectivity index (χ1) is 9.52. The van der Waals surface area contributed by atoms with Crippen LogP contribution in [0.2, 0.25) is 0 Å². The van der Waals surface area contributed by atoms with E-state index in [1.54, 1.807) is 18.2 Å². The lowest BCUT2D eigenvalue weighted by Gasteiger charge is -2.04. The van der Waals surface area contributed by atoms with Gasteiger partial charge in [0, 0.05) is 12.2 Å². The van der Waals surface area contributed by atoms with Crippen molar-refractivity contribution in [2.45, 2.75) is 23.9 Å². The highest BCUT2D eigenvalue weighted by molar-refractivity contribution is 8.13. The molecule has 0 aromatic heterocycles. The predicted molar refractivity (Wildman–Crippen MR) is 75.9 cm³/mol. The molecule has 1 rings (SSSR count). The molecule has 0 bridgehead atoms. The van der Waals surface area contributed by atoms with E-state index in [4.69, 9.17) is 15.7 Å². The smallest absolute Gasteiger partial charge is 0.379 e. The number of nitrogens with two attached hydrogens (primary N) is 1. The monoisotopic (exact) mass is 344 g/mol. The first kappa shape index (κ1) is 19.7. The molecule has 4 N–H and O–H groups in total. The zero-order valence-electron chi connectivity index (χ0n) is 10.8. The molecule has 0 unspecified atom stereocenters. The van der Waals surface area contributed by atoms with Gasteiger partial charge in [0.05, 0.1) is 4.90 Å². The molecule has 0 aliphatic carbocycles. The molecule has 0 aliphatic heterocycles. The predicted octanol–water partition coefficient (Wildman–Crippen LogP) is 2.89. The van der Waals surface area contributed by atoms with Crippen LogP contribution in [-0.2, 0) is 10.1 Å². The Balaban J connectivity index is 0.000000382. The van der Waals surface area contributed by atoms with Crippen molar-refractivity contribution in [3.63, 3.8) is 0 Å². The van der Waals surface area contributed by atoms with Gasteiger partial charge in [-0.05, 0) is 18.6 Å². The molecule has 1 aromatic carbocycles. The molecule has 5 nitrogen and oxygen atoms in total. The van der Waals surface area contributed by atoms with Gasteiger partial charge in [-0.3, -0.25) is 9.96 Å². The highest BCUT2D eigenvalue weighted by Crippen LogP contribution is 2.22. The molecule has 120 valence electrons. The first-order valence-electron chi connectivity index (χ1n) is 5.58. The standard InChI is InChI=1S/C6H6O3S.C5H9F3N2S/c7-10(8,9)6-4-2-1-3-5-6;6-5(7,8)2-1-3-11-4(9)10/h1-5H,(H,7,8,9);1-3H2,(H3,9,10). The summed E-state index contributed by atoms with van der Waals surface area (Å²) in [4.78, 5) is -0.0741. The summed E-state index contributed by atoms with van der Waals surface area (Å²) in [5.41, 5.74) is 4.91. The van der Waals surface area contributed by atoms with Gasteiger partial charge in [-0.25, -0.2) is 0 Å². The molecule has 0 heterocycles.